The largest absolute Gasteiger partial charge is 0.381 e. The summed E-state index contributed by atoms with van der Waals surface area (Å²) in [6.07, 6.45) is 1.12. The van der Waals surface area contributed by atoms with Crippen LogP contribution in [0.1, 0.15) is 17.5 Å². The minimum atomic E-state index is 0.397. The summed E-state index contributed by atoms with van der Waals surface area (Å²) < 4.78 is 11.0. The van der Waals surface area contributed by atoms with Gasteiger partial charge in [0.25, 0.3) is 0 Å². The lowest BCUT2D eigenvalue weighted by Crippen LogP contribution is -2.09. The number of rotatable bonds is 4. The van der Waals surface area contributed by atoms with Crippen molar-refractivity contribution in [2.75, 3.05) is 26.4 Å². The minimum absolute atomic E-state index is 0.397. The first kappa shape index (κ1) is 13.1. The molecule has 0 radical (unpaired) electrons. The maximum Gasteiger partial charge on any atom is 0.0717 e. The molecule has 96 valence electrons. The predicted octanol–water partition coefficient (Wildman–Crippen LogP) is 1.55. The second kappa shape index (κ2) is 7.17. The van der Waals surface area contributed by atoms with Crippen LogP contribution in [0.5, 0.6) is 0 Å². The van der Waals surface area contributed by atoms with Gasteiger partial charge in [-0.1, -0.05) is 24.0 Å². The van der Waals surface area contributed by atoms with Gasteiger partial charge in [-0.05, 0) is 24.1 Å². The van der Waals surface area contributed by atoms with Gasteiger partial charge in [0.05, 0.1) is 26.4 Å². The lowest BCUT2D eigenvalue weighted by atomic mass is 10.1. The standard InChI is InChI=1S/C15H19NO2/c16-8-1-2-13-3-5-14(6-4-13)10-18-12-15-7-9-17-11-15/h3-6,15H,7-12,16H2. The van der Waals surface area contributed by atoms with Crippen LogP contribution >= 0.6 is 0 Å². The Hall–Kier alpha value is -1.34. The molecule has 1 heterocycles. The molecule has 2 rings (SSSR count). The molecule has 3 heteroatoms. The van der Waals surface area contributed by atoms with E-state index in [-0.39, 0.29) is 0 Å². The lowest BCUT2D eigenvalue weighted by Gasteiger charge is -2.08. The van der Waals surface area contributed by atoms with E-state index in [2.05, 4.69) is 11.8 Å². The normalized spacial score (nSPS) is 18.4. The van der Waals surface area contributed by atoms with E-state index in [0.29, 0.717) is 19.1 Å². The van der Waals surface area contributed by atoms with Crippen LogP contribution in [0.25, 0.3) is 0 Å². The quantitative estimate of drug-likeness (QED) is 0.819. The van der Waals surface area contributed by atoms with Crippen molar-refractivity contribution in [3.63, 3.8) is 0 Å². The average Bonchev–Trinajstić information content (AvgIpc) is 2.91. The molecule has 1 unspecified atom stereocenters. The van der Waals surface area contributed by atoms with E-state index in [0.717, 1.165) is 31.8 Å². The summed E-state index contributed by atoms with van der Waals surface area (Å²) in [5, 5.41) is 0. The third-order valence-electron chi connectivity index (χ3n) is 2.93. The topological polar surface area (TPSA) is 44.5 Å². The zero-order valence-corrected chi connectivity index (χ0v) is 10.5. The van der Waals surface area contributed by atoms with Gasteiger partial charge in [-0.3, -0.25) is 0 Å². The Morgan fingerprint density at radius 1 is 1.33 bits per heavy atom. The third kappa shape index (κ3) is 4.15. The molecule has 18 heavy (non-hydrogen) atoms. The molecule has 0 bridgehead atoms. The Balaban J connectivity index is 1.75. The summed E-state index contributed by atoms with van der Waals surface area (Å²) in [6.45, 7) is 3.56. The molecule has 0 aliphatic carbocycles. The Labute approximate surface area is 108 Å². The van der Waals surface area contributed by atoms with Crippen LogP contribution in [0.3, 0.4) is 0 Å². The summed E-state index contributed by atoms with van der Waals surface area (Å²) in [5.41, 5.74) is 7.50. The second-order valence-electron chi connectivity index (χ2n) is 4.45. The summed E-state index contributed by atoms with van der Waals surface area (Å²) >= 11 is 0. The maximum atomic E-state index is 5.69. The van der Waals surface area contributed by atoms with Crippen molar-refractivity contribution in [2.24, 2.45) is 11.7 Å². The van der Waals surface area contributed by atoms with Crippen LogP contribution in [-0.2, 0) is 16.1 Å². The van der Waals surface area contributed by atoms with E-state index >= 15 is 0 Å². The number of ether oxygens (including phenoxy) is 2. The van der Waals surface area contributed by atoms with Gasteiger partial charge in [-0.25, -0.2) is 0 Å². The smallest absolute Gasteiger partial charge is 0.0717 e. The zero-order chi connectivity index (χ0) is 12.6. The van der Waals surface area contributed by atoms with E-state index in [1.807, 2.05) is 24.3 Å². The van der Waals surface area contributed by atoms with Gasteiger partial charge < -0.3 is 15.2 Å². The van der Waals surface area contributed by atoms with Crippen molar-refractivity contribution in [1.82, 2.24) is 0 Å². The average molecular weight is 245 g/mol. The first-order valence-electron chi connectivity index (χ1n) is 6.32. The maximum absolute atomic E-state index is 5.69. The Morgan fingerprint density at radius 3 is 2.83 bits per heavy atom. The predicted molar refractivity (Wildman–Crippen MR) is 71.0 cm³/mol. The van der Waals surface area contributed by atoms with Crippen LogP contribution in [-0.4, -0.2) is 26.4 Å². The van der Waals surface area contributed by atoms with Crippen LogP contribution in [0.15, 0.2) is 24.3 Å². The first-order chi connectivity index (χ1) is 8.88. The van der Waals surface area contributed by atoms with Gasteiger partial charge in [0.15, 0.2) is 0 Å². The van der Waals surface area contributed by atoms with Gasteiger partial charge in [0, 0.05) is 18.1 Å². The van der Waals surface area contributed by atoms with Crippen molar-refractivity contribution in [3.8, 4) is 11.8 Å². The molecule has 1 aliphatic heterocycles. The summed E-state index contributed by atoms with van der Waals surface area (Å²) in [5.74, 6) is 6.41. The van der Waals surface area contributed by atoms with Gasteiger partial charge in [-0.15, -0.1) is 0 Å². The van der Waals surface area contributed by atoms with E-state index in [1.165, 1.54) is 5.56 Å². The molecule has 1 saturated heterocycles. The van der Waals surface area contributed by atoms with E-state index in [1.54, 1.807) is 0 Å². The van der Waals surface area contributed by atoms with Crippen LogP contribution in [0.2, 0.25) is 0 Å². The highest BCUT2D eigenvalue weighted by Gasteiger charge is 2.15. The highest BCUT2D eigenvalue weighted by atomic mass is 16.5. The highest BCUT2D eigenvalue weighted by Crippen LogP contribution is 2.13. The van der Waals surface area contributed by atoms with Crippen molar-refractivity contribution in [3.05, 3.63) is 35.4 Å². The van der Waals surface area contributed by atoms with Crippen LogP contribution in [0.4, 0.5) is 0 Å². The molecule has 1 aromatic rings. The Morgan fingerprint density at radius 2 is 2.17 bits per heavy atom. The van der Waals surface area contributed by atoms with Gasteiger partial charge in [0.1, 0.15) is 0 Å². The number of nitrogens with two attached hydrogens (primary N) is 1. The molecular weight excluding hydrogens is 226 g/mol. The summed E-state index contributed by atoms with van der Waals surface area (Å²) in [6, 6.07) is 8.09. The molecule has 0 aromatic heterocycles. The highest BCUT2D eigenvalue weighted by molar-refractivity contribution is 5.36. The second-order valence-corrected chi connectivity index (χ2v) is 4.45. The molecule has 1 aromatic carbocycles. The molecule has 0 saturated carbocycles. The molecule has 3 nitrogen and oxygen atoms in total. The lowest BCUT2D eigenvalue weighted by molar-refractivity contribution is 0.0791. The Kier molecular flexibility index (Phi) is 5.22. The first-order valence-corrected chi connectivity index (χ1v) is 6.32. The number of hydrogen-bond donors (Lipinski definition) is 1. The fraction of sp³-hybridized carbons (Fsp3) is 0.467. The van der Waals surface area contributed by atoms with Crippen molar-refractivity contribution < 1.29 is 9.47 Å². The molecule has 2 N–H and O–H groups in total. The molecular formula is C15H19NO2. The third-order valence-corrected chi connectivity index (χ3v) is 2.93. The molecule has 0 spiro atoms. The monoisotopic (exact) mass is 245 g/mol. The van der Waals surface area contributed by atoms with Crippen LogP contribution < -0.4 is 5.73 Å². The number of hydrogen-bond acceptors (Lipinski definition) is 3. The zero-order valence-electron chi connectivity index (χ0n) is 10.5. The SMILES string of the molecule is NCC#Cc1ccc(COCC2CCOC2)cc1. The van der Waals surface area contributed by atoms with Crippen LogP contribution in [0, 0.1) is 17.8 Å². The van der Waals surface area contributed by atoms with Crippen molar-refractivity contribution in [1.29, 1.82) is 0 Å². The van der Waals surface area contributed by atoms with Gasteiger partial charge in [-0.2, -0.15) is 0 Å². The van der Waals surface area contributed by atoms with E-state index in [4.69, 9.17) is 15.2 Å². The van der Waals surface area contributed by atoms with Gasteiger partial charge >= 0.3 is 0 Å². The van der Waals surface area contributed by atoms with Gasteiger partial charge in [0.2, 0.25) is 0 Å². The Bertz CT molecular complexity index is 410. The number of benzene rings is 1. The fourth-order valence-electron chi connectivity index (χ4n) is 1.90. The summed E-state index contributed by atoms with van der Waals surface area (Å²) in [7, 11) is 0. The van der Waals surface area contributed by atoms with E-state index in [9.17, 15) is 0 Å². The fourth-order valence-corrected chi connectivity index (χ4v) is 1.90. The molecule has 1 fully saturated rings. The van der Waals surface area contributed by atoms with Crippen molar-refractivity contribution in [2.45, 2.75) is 13.0 Å². The van der Waals surface area contributed by atoms with E-state index < -0.39 is 0 Å². The minimum Gasteiger partial charge on any atom is -0.381 e. The molecule has 1 atom stereocenters. The molecule has 1 aliphatic rings. The molecule has 0 amide bonds. The summed E-state index contributed by atoms with van der Waals surface area (Å²) in [4.78, 5) is 0. The van der Waals surface area contributed by atoms with Crippen molar-refractivity contribution >= 4 is 0 Å².